The summed E-state index contributed by atoms with van der Waals surface area (Å²) in [4.78, 5) is 13.5. The number of rotatable bonds is 3. The molecule has 1 aliphatic rings. The molecule has 1 heterocycles. The van der Waals surface area contributed by atoms with E-state index in [0.717, 1.165) is 30.6 Å². The number of carbonyl (C=O) groups is 1. The lowest BCUT2D eigenvalue weighted by atomic mass is 10.0. The van der Waals surface area contributed by atoms with Gasteiger partial charge in [-0.2, -0.15) is 0 Å². The second-order valence-corrected chi connectivity index (χ2v) is 4.28. The van der Waals surface area contributed by atoms with Crippen LogP contribution in [0.4, 0.5) is 10.1 Å². The van der Waals surface area contributed by atoms with Gasteiger partial charge in [-0.15, -0.1) is 6.42 Å². The molecule has 0 unspecified atom stereocenters. The van der Waals surface area contributed by atoms with E-state index in [1.54, 1.807) is 6.07 Å². The number of hydrogen-bond donors (Lipinski definition) is 1. The first-order valence-corrected chi connectivity index (χ1v) is 5.94. The average Bonchev–Trinajstić information content (AvgIpc) is 2.37. The van der Waals surface area contributed by atoms with Gasteiger partial charge in [0.1, 0.15) is 5.82 Å². The number of benzene rings is 1. The van der Waals surface area contributed by atoms with Gasteiger partial charge in [0.25, 0.3) is 0 Å². The topological polar surface area (TPSA) is 32.3 Å². The number of terminal acetylenes is 1. The van der Waals surface area contributed by atoms with E-state index in [2.05, 4.69) is 11.2 Å². The minimum absolute atomic E-state index is 0.134. The molecule has 2 rings (SSSR count). The van der Waals surface area contributed by atoms with Crippen LogP contribution in [-0.4, -0.2) is 25.5 Å². The molecule has 0 atom stereocenters. The number of halogens is 1. The summed E-state index contributed by atoms with van der Waals surface area (Å²) in [6.45, 7) is 1.21. The molecule has 1 aliphatic heterocycles. The van der Waals surface area contributed by atoms with Gasteiger partial charge in [-0.05, 0) is 30.5 Å². The van der Waals surface area contributed by atoms with Crippen molar-refractivity contribution in [2.24, 2.45) is 0 Å². The largest absolute Gasteiger partial charge is 0.362 e. The molecule has 1 aromatic carbocycles. The fraction of sp³-hybridized carbons (Fsp3) is 0.357. The van der Waals surface area contributed by atoms with Crippen LogP contribution in [0.5, 0.6) is 0 Å². The maximum atomic E-state index is 13.3. The lowest BCUT2D eigenvalue weighted by Crippen LogP contribution is -2.40. The van der Waals surface area contributed by atoms with Gasteiger partial charge in [0.05, 0.1) is 13.1 Å². The van der Waals surface area contributed by atoms with E-state index in [1.165, 1.54) is 12.1 Å². The molecular formula is C14H15FN2O. The number of hydrogen-bond acceptors (Lipinski definition) is 2. The van der Waals surface area contributed by atoms with E-state index < -0.39 is 0 Å². The van der Waals surface area contributed by atoms with Crippen molar-refractivity contribution < 1.29 is 9.18 Å². The van der Waals surface area contributed by atoms with Crippen LogP contribution in [0, 0.1) is 18.2 Å². The molecule has 1 N–H and O–H groups in total. The van der Waals surface area contributed by atoms with Crippen LogP contribution in [0.3, 0.4) is 0 Å². The van der Waals surface area contributed by atoms with Crippen molar-refractivity contribution in [1.82, 2.24) is 5.32 Å². The summed E-state index contributed by atoms with van der Waals surface area (Å²) in [5.41, 5.74) is 1.91. The summed E-state index contributed by atoms with van der Waals surface area (Å²) < 4.78 is 13.3. The van der Waals surface area contributed by atoms with Crippen LogP contribution in [0.15, 0.2) is 18.2 Å². The van der Waals surface area contributed by atoms with E-state index in [4.69, 9.17) is 6.42 Å². The normalized spacial score (nSPS) is 13.7. The SMILES string of the molecule is C#CCNC(=O)CN1CCCc2ccc(F)cc21. The lowest BCUT2D eigenvalue weighted by Gasteiger charge is -2.30. The third kappa shape index (κ3) is 2.80. The summed E-state index contributed by atoms with van der Waals surface area (Å²) in [7, 11) is 0. The van der Waals surface area contributed by atoms with Gasteiger partial charge in [-0.25, -0.2) is 4.39 Å². The van der Waals surface area contributed by atoms with Crippen LogP contribution < -0.4 is 10.2 Å². The van der Waals surface area contributed by atoms with E-state index in [0.29, 0.717) is 0 Å². The number of nitrogens with zero attached hydrogens (tertiary/aromatic N) is 1. The number of anilines is 1. The van der Waals surface area contributed by atoms with Gasteiger partial charge in [0.15, 0.2) is 0 Å². The Kier molecular flexibility index (Phi) is 3.83. The maximum absolute atomic E-state index is 13.3. The van der Waals surface area contributed by atoms with Crippen LogP contribution >= 0.6 is 0 Å². The Balaban J connectivity index is 2.10. The summed E-state index contributed by atoms with van der Waals surface area (Å²) in [6.07, 6.45) is 6.98. The molecule has 94 valence electrons. The summed E-state index contributed by atoms with van der Waals surface area (Å²) in [5.74, 6) is 1.95. The number of fused-ring (bicyclic) bond motifs is 1. The van der Waals surface area contributed by atoms with Crippen molar-refractivity contribution in [3.05, 3.63) is 29.6 Å². The van der Waals surface area contributed by atoms with Crippen molar-refractivity contribution in [1.29, 1.82) is 0 Å². The second kappa shape index (κ2) is 5.54. The summed E-state index contributed by atoms with van der Waals surface area (Å²) in [6, 6.07) is 4.74. The molecule has 1 amide bonds. The predicted octanol–water partition coefficient (Wildman–Crippen LogP) is 1.33. The highest BCUT2D eigenvalue weighted by atomic mass is 19.1. The highest BCUT2D eigenvalue weighted by Crippen LogP contribution is 2.27. The van der Waals surface area contributed by atoms with E-state index in [9.17, 15) is 9.18 Å². The third-order valence-corrected chi connectivity index (χ3v) is 2.98. The molecular weight excluding hydrogens is 231 g/mol. The first-order valence-electron chi connectivity index (χ1n) is 5.94. The maximum Gasteiger partial charge on any atom is 0.240 e. The highest BCUT2D eigenvalue weighted by Gasteiger charge is 2.19. The molecule has 3 nitrogen and oxygen atoms in total. The van der Waals surface area contributed by atoms with E-state index in [1.807, 2.05) is 4.90 Å². The quantitative estimate of drug-likeness (QED) is 0.816. The van der Waals surface area contributed by atoms with Gasteiger partial charge in [0.2, 0.25) is 5.91 Å². The Hall–Kier alpha value is -2.02. The average molecular weight is 246 g/mol. The molecule has 0 saturated heterocycles. The minimum atomic E-state index is -0.273. The minimum Gasteiger partial charge on any atom is -0.362 e. The second-order valence-electron chi connectivity index (χ2n) is 4.28. The zero-order chi connectivity index (χ0) is 13.0. The molecule has 0 fully saturated rings. The zero-order valence-electron chi connectivity index (χ0n) is 10.1. The molecule has 0 spiro atoms. The standard InChI is InChI=1S/C14H15FN2O/c1-2-7-16-14(18)10-17-8-3-4-11-5-6-12(15)9-13(11)17/h1,5-6,9H,3-4,7-8,10H2,(H,16,18). The smallest absolute Gasteiger partial charge is 0.240 e. The monoisotopic (exact) mass is 246 g/mol. The Labute approximate surface area is 106 Å². The molecule has 0 radical (unpaired) electrons. The Bertz CT molecular complexity index is 493. The number of amides is 1. The molecule has 0 aliphatic carbocycles. The van der Waals surface area contributed by atoms with Gasteiger partial charge < -0.3 is 10.2 Å². The molecule has 0 bridgehead atoms. The lowest BCUT2D eigenvalue weighted by molar-refractivity contribution is -0.119. The van der Waals surface area contributed by atoms with Gasteiger partial charge in [0, 0.05) is 12.2 Å². The first kappa shape index (κ1) is 12.4. The van der Waals surface area contributed by atoms with Gasteiger partial charge in [-0.3, -0.25) is 4.79 Å². The Morgan fingerprint density at radius 2 is 2.39 bits per heavy atom. The van der Waals surface area contributed by atoms with Crippen LogP contribution in [0.2, 0.25) is 0 Å². The first-order chi connectivity index (χ1) is 8.70. The van der Waals surface area contributed by atoms with Crippen LogP contribution in [0.25, 0.3) is 0 Å². The molecule has 1 aromatic rings. The molecule has 0 aromatic heterocycles. The van der Waals surface area contributed by atoms with Crippen LogP contribution in [-0.2, 0) is 11.2 Å². The molecule has 18 heavy (non-hydrogen) atoms. The fourth-order valence-corrected chi connectivity index (χ4v) is 2.17. The molecule has 4 heteroatoms. The van der Waals surface area contributed by atoms with E-state index >= 15 is 0 Å². The Morgan fingerprint density at radius 3 is 3.17 bits per heavy atom. The number of carbonyl (C=O) groups excluding carboxylic acids is 1. The van der Waals surface area contributed by atoms with Gasteiger partial charge >= 0.3 is 0 Å². The number of nitrogens with one attached hydrogen (secondary N) is 1. The van der Waals surface area contributed by atoms with E-state index in [-0.39, 0.29) is 24.8 Å². The molecule has 0 saturated carbocycles. The highest BCUT2D eigenvalue weighted by molar-refractivity contribution is 5.82. The number of aryl methyl sites for hydroxylation is 1. The van der Waals surface area contributed by atoms with Crippen molar-refractivity contribution in [2.45, 2.75) is 12.8 Å². The van der Waals surface area contributed by atoms with Crippen molar-refractivity contribution >= 4 is 11.6 Å². The zero-order valence-corrected chi connectivity index (χ0v) is 10.1. The third-order valence-electron chi connectivity index (χ3n) is 2.98. The Morgan fingerprint density at radius 1 is 1.56 bits per heavy atom. The van der Waals surface area contributed by atoms with Crippen molar-refractivity contribution in [3.63, 3.8) is 0 Å². The summed E-state index contributed by atoms with van der Waals surface area (Å²) in [5, 5.41) is 2.61. The van der Waals surface area contributed by atoms with Crippen molar-refractivity contribution in [2.75, 3.05) is 24.5 Å². The fourth-order valence-electron chi connectivity index (χ4n) is 2.17. The summed E-state index contributed by atoms with van der Waals surface area (Å²) >= 11 is 0. The van der Waals surface area contributed by atoms with Crippen molar-refractivity contribution in [3.8, 4) is 12.3 Å². The van der Waals surface area contributed by atoms with Crippen LogP contribution in [0.1, 0.15) is 12.0 Å². The van der Waals surface area contributed by atoms with Gasteiger partial charge in [-0.1, -0.05) is 12.0 Å². The predicted molar refractivity (Wildman–Crippen MR) is 68.8 cm³/mol.